The van der Waals surface area contributed by atoms with Crippen LogP contribution in [0.4, 0.5) is 10.5 Å². The van der Waals surface area contributed by atoms with Gasteiger partial charge in [0.15, 0.2) is 0 Å². The van der Waals surface area contributed by atoms with E-state index in [9.17, 15) is 9.59 Å². The van der Waals surface area contributed by atoms with Crippen molar-refractivity contribution in [1.29, 1.82) is 0 Å². The van der Waals surface area contributed by atoms with Crippen LogP contribution in [0.1, 0.15) is 5.56 Å². The third-order valence-corrected chi connectivity index (χ3v) is 6.32. The Bertz CT molecular complexity index is 957. The van der Waals surface area contributed by atoms with E-state index >= 15 is 0 Å². The second kappa shape index (κ2) is 8.79. The molecule has 0 N–H and O–H groups in total. The maximum Gasteiger partial charge on any atom is 0.294 e. The molecule has 2 saturated heterocycles. The van der Waals surface area contributed by atoms with Crippen molar-refractivity contribution >= 4 is 57.9 Å². The lowest BCUT2D eigenvalue weighted by Gasteiger charge is -2.37. The van der Waals surface area contributed by atoms with Gasteiger partial charge < -0.3 is 4.90 Å². The Labute approximate surface area is 183 Å². The number of rotatable bonds is 4. The highest BCUT2D eigenvalue weighted by molar-refractivity contribution is 8.18. The summed E-state index contributed by atoms with van der Waals surface area (Å²) < 4.78 is 0. The molecule has 0 atom stereocenters. The Balaban J connectivity index is 1.37. The van der Waals surface area contributed by atoms with Crippen LogP contribution in [-0.4, -0.2) is 53.8 Å². The molecule has 2 fully saturated rings. The Hall–Kier alpha value is -1.99. The minimum atomic E-state index is -0.243. The standard InChI is InChI=1S/C21H19Cl2N3O2S/c22-16-6-4-15(5-7-16)12-19-20(27)26(21(28)29-19)14-24-8-10-25(11-9-24)18-3-1-2-17(23)13-18/h1-7,12-13H,8-11,14H2/b19-12-. The number of carbonyl (C=O) groups excluding carboxylic acids is 2. The van der Waals surface area contributed by atoms with Crippen LogP contribution in [0.2, 0.25) is 10.0 Å². The van der Waals surface area contributed by atoms with Crippen molar-refractivity contribution in [3.05, 3.63) is 69.0 Å². The predicted molar refractivity (Wildman–Crippen MR) is 119 cm³/mol. The maximum absolute atomic E-state index is 12.7. The fourth-order valence-corrected chi connectivity index (χ4v) is 4.49. The van der Waals surface area contributed by atoms with Gasteiger partial charge in [-0.1, -0.05) is 41.4 Å². The van der Waals surface area contributed by atoms with Gasteiger partial charge >= 0.3 is 0 Å². The van der Waals surface area contributed by atoms with Crippen LogP contribution < -0.4 is 4.90 Å². The first-order chi connectivity index (χ1) is 14.0. The van der Waals surface area contributed by atoms with Crippen LogP contribution in [-0.2, 0) is 4.79 Å². The average Bonchev–Trinajstić information content (AvgIpc) is 2.98. The molecule has 0 unspecified atom stereocenters. The lowest BCUT2D eigenvalue weighted by atomic mass is 10.2. The minimum Gasteiger partial charge on any atom is -0.369 e. The quantitative estimate of drug-likeness (QED) is 0.629. The number of nitrogens with zero attached hydrogens (tertiary/aromatic N) is 3. The van der Waals surface area contributed by atoms with E-state index in [-0.39, 0.29) is 11.1 Å². The van der Waals surface area contributed by atoms with Crippen LogP contribution >= 0.6 is 35.0 Å². The molecule has 2 aliphatic heterocycles. The molecule has 0 saturated carbocycles. The van der Waals surface area contributed by atoms with Crippen LogP contribution in [0.15, 0.2) is 53.4 Å². The topological polar surface area (TPSA) is 43.9 Å². The smallest absolute Gasteiger partial charge is 0.294 e. The third-order valence-electron chi connectivity index (χ3n) is 4.93. The Morgan fingerprint density at radius 1 is 0.931 bits per heavy atom. The number of imide groups is 1. The van der Waals surface area contributed by atoms with Gasteiger partial charge in [0, 0.05) is 41.9 Å². The van der Waals surface area contributed by atoms with E-state index in [0.29, 0.717) is 16.6 Å². The third kappa shape index (κ3) is 4.78. The van der Waals surface area contributed by atoms with E-state index < -0.39 is 0 Å². The lowest BCUT2D eigenvalue weighted by molar-refractivity contribution is -0.124. The number of piperazine rings is 1. The summed E-state index contributed by atoms with van der Waals surface area (Å²) in [5.74, 6) is -0.243. The highest BCUT2D eigenvalue weighted by Crippen LogP contribution is 2.32. The van der Waals surface area contributed by atoms with Gasteiger partial charge in [0.25, 0.3) is 11.1 Å². The summed E-state index contributed by atoms with van der Waals surface area (Å²) in [7, 11) is 0. The van der Waals surface area contributed by atoms with Gasteiger partial charge in [-0.25, -0.2) is 0 Å². The van der Waals surface area contributed by atoms with Crippen molar-refractivity contribution in [2.75, 3.05) is 37.7 Å². The molecule has 0 spiro atoms. The first-order valence-corrected chi connectivity index (χ1v) is 10.8. The van der Waals surface area contributed by atoms with Gasteiger partial charge in [-0.05, 0) is 53.7 Å². The van der Waals surface area contributed by atoms with E-state index in [0.717, 1.165) is 54.2 Å². The summed E-state index contributed by atoms with van der Waals surface area (Å²) in [6, 6.07) is 15.0. The van der Waals surface area contributed by atoms with Gasteiger partial charge in [0.2, 0.25) is 0 Å². The highest BCUT2D eigenvalue weighted by atomic mass is 35.5. The zero-order chi connectivity index (χ0) is 20.4. The summed E-state index contributed by atoms with van der Waals surface area (Å²) in [4.78, 5) is 31.3. The number of thioether (sulfide) groups is 1. The number of hydrogen-bond acceptors (Lipinski definition) is 5. The molecule has 8 heteroatoms. The molecule has 4 rings (SSSR count). The van der Waals surface area contributed by atoms with Crippen LogP contribution in [0.5, 0.6) is 0 Å². The summed E-state index contributed by atoms with van der Waals surface area (Å²) in [5, 5.41) is 1.12. The van der Waals surface area contributed by atoms with E-state index in [1.165, 1.54) is 4.90 Å². The van der Waals surface area contributed by atoms with Crippen LogP contribution in [0.3, 0.4) is 0 Å². The van der Waals surface area contributed by atoms with E-state index in [4.69, 9.17) is 23.2 Å². The predicted octanol–water partition coefficient (Wildman–Crippen LogP) is 4.81. The largest absolute Gasteiger partial charge is 0.369 e. The van der Waals surface area contributed by atoms with E-state index in [1.807, 2.05) is 36.4 Å². The van der Waals surface area contributed by atoms with E-state index in [1.54, 1.807) is 18.2 Å². The average molecular weight is 448 g/mol. The molecule has 0 aromatic heterocycles. The Morgan fingerprint density at radius 2 is 1.66 bits per heavy atom. The Morgan fingerprint density at radius 3 is 2.34 bits per heavy atom. The Kier molecular flexibility index (Phi) is 6.15. The summed E-state index contributed by atoms with van der Waals surface area (Å²) in [6.45, 7) is 3.48. The molecule has 2 aromatic carbocycles. The molecule has 0 bridgehead atoms. The first-order valence-electron chi connectivity index (χ1n) is 9.23. The number of hydrogen-bond donors (Lipinski definition) is 0. The molecule has 0 radical (unpaired) electrons. The van der Waals surface area contributed by atoms with Crippen LogP contribution in [0, 0.1) is 0 Å². The zero-order valence-corrected chi connectivity index (χ0v) is 17.9. The molecule has 2 aliphatic rings. The summed E-state index contributed by atoms with van der Waals surface area (Å²) in [5.41, 5.74) is 1.93. The van der Waals surface area contributed by atoms with Gasteiger partial charge in [0.1, 0.15) is 0 Å². The first kappa shape index (κ1) is 20.3. The molecule has 0 aliphatic carbocycles. The van der Waals surface area contributed by atoms with Crippen molar-refractivity contribution in [2.45, 2.75) is 0 Å². The maximum atomic E-state index is 12.7. The number of carbonyl (C=O) groups is 2. The molecule has 29 heavy (non-hydrogen) atoms. The van der Waals surface area contributed by atoms with Gasteiger partial charge in [-0.2, -0.15) is 0 Å². The summed E-state index contributed by atoms with van der Waals surface area (Å²) in [6.07, 6.45) is 1.73. The highest BCUT2D eigenvalue weighted by Gasteiger charge is 2.36. The molecule has 2 heterocycles. The lowest BCUT2D eigenvalue weighted by Crippen LogP contribution is -2.50. The van der Waals surface area contributed by atoms with Crippen LogP contribution in [0.25, 0.3) is 6.08 Å². The van der Waals surface area contributed by atoms with Crippen molar-refractivity contribution in [3.8, 4) is 0 Å². The molecule has 5 nitrogen and oxygen atoms in total. The van der Waals surface area contributed by atoms with Crippen molar-refractivity contribution in [3.63, 3.8) is 0 Å². The minimum absolute atomic E-state index is 0.229. The molecule has 150 valence electrons. The fourth-order valence-electron chi connectivity index (χ4n) is 3.35. The molecule has 2 amide bonds. The fraction of sp³-hybridized carbons (Fsp3) is 0.238. The van der Waals surface area contributed by atoms with E-state index in [2.05, 4.69) is 9.80 Å². The number of halogens is 2. The zero-order valence-electron chi connectivity index (χ0n) is 15.6. The van der Waals surface area contributed by atoms with Crippen molar-refractivity contribution in [1.82, 2.24) is 9.80 Å². The second-order valence-corrected chi connectivity index (χ2v) is 8.75. The monoisotopic (exact) mass is 447 g/mol. The van der Waals surface area contributed by atoms with Gasteiger partial charge in [-0.15, -0.1) is 0 Å². The molecular weight excluding hydrogens is 429 g/mol. The number of benzene rings is 2. The second-order valence-electron chi connectivity index (χ2n) is 6.89. The van der Waals surface area contributed by atoms with Crippen molar-refractivity contribution in [2.24, 2.45) is 0 Å². The van der Waals surface area contributed by atoms with Gasteiger partial charge in [-0.3, -0.25) is 19.4 Å². The normalized spacial score (nSPS) is 19.4. The number of amides is 2. The molecular formula is C21H19Cl2N3O2S. The SMILES string of the molecule is O=C1S/C(=C\c2ccc(Cl)cc2)C(=O)N1CN1CCN(c2cccc(Cl)c2)CC1. The van der Waals surface area contributed by atoms with Gasteiger partial charge in [0.05, 0.1) is 11.6 Å². The van der Waals surface area contributed by atoms with Crippen molar-refractivity contribution < 1.29 is 9.59 Å². The summed E-state index contributed by atoms with van der Waals surface area (Å²) >= 11 is 13.0. The number of anilines is 1. The molecule has 2 aromatic rings.